The summed E-state index contributed by atoms with van der Waals surface area (Å²) in [5.74, 6) is -3.66. The van der Waals surface area contributed by atoms with Gasteiger partial charge in [0.25, 0.3) is 23.4 Å². The molecule has 2 heterocycles. The van der Waals surface area contributed by atoms with Crippen LogP contribution in [0.5, 0.6) is 0 Å². The van der Waals surface area contributed by atoms with Crippen LogP contribution in [0.25, 0.3) is 0 Å². The predicted octanol–water partition coefficient (Wildman–Crippen LogP) is 1.74. The van der Waals surface area contributed by atoms with Crippen molar-refractivity contribution in [3.8, 4) is 0 Å². The Hall–Kier alpha value is -4.13. The van der Waals surface area contributed by atoms with E-state index >= 15 is 0 Å². The Bertz CT molecular complexity index is 1220. The third kappa shape index (κ3) is 4.30. The summed E-state index contributed by atoms with van der Waals surface area (Å²) in [5.41, 5.74) is -0.299. The van der Waals surface area contributed by atoms with Crippen molar-refractivity contribution in [2.75, 3.05) is 25.5 Å². The van der Waals surface area contributed by atoms with Crippen LogP contribution in [0.2, 0.25) is 0 Å². The zero-order valence-electron chi connectivity index (χ0n) is 17.7. The molecule has 4 amide bonds. The summed E-state index contributed by atoms with van der Waals surface area (Å²) in [6.07, 6.45) is 0. The van der Waals surface area contributed by atoms with Gasteiger partial charge in [-0.05, 0) is 25.5 Å². The van der Waals surface area contributed by atoms with Crippen molar-refractivity contribution >= 4 is 51.6 Å². The van der Waals surface area contributed by atoms with Crippen LogP contribution in [0, 0.1) is 17.0 Å². The Morgan fingerprint density at radius 3 is 2.45 bits per heavy atom. The number of ether oxygens (including phenoxy) is 1. The lowest BCUT2D eigenvalue weighted by molar-refractivity contribution is -0.384. The van der Waals surface area contributed by atoms with Gasteiger partial charge in [-0.2, -0.15) is 0 Å². The average molecular weight is 474 g/mol. The molecule has 172 valence electrons. The Balaban J connectivity index is 1.85. The third-order valence-corrected chi connectivity index (χ3v) is 5.99. The van der Waals surface area contributed by atoms with Crippen LogP contribution in [-0.2, 0) is 9.53 Å². The number of nitrogens with one attached hydrogen (secondary N) is 2. The van der Waals surface area contributed by atoms with Crippen LogP contribution in [0.4, 0.5) is 10.7 Å². The van der Waals surface area contributed by atoms with Crippen LogP contribution in [-0.4, -0.2) is 59.6 Å². The fourth-order valence-electron chi connectivity index (χ4n) is 3.23. The molecule has 0 spiro atoms. The second-order valence-electron chi connectivity index (χ2n) is 6.79. The van der Waals surface area contributed by atoms with Crippen LogP contribution in [0.3, 0.4) is 0 Å². The molecule has 2 aromatic rings. The summed E-state index contributed by atoms with van der Waals surface area (Å²) in [4.78, 5) is 73.4. The Morgan fingerprint density at radius 2 is 1.85 bits per heavy atom. The highest BCUT2D eigenvalue weighted by Gasteiger charge is 2.38. The van der Waals surface area contributed by atoms with Gasteiger partial charge in [0.15, 0.2) is 0 Å². The summed E-state index contributed by atoms with van der Waals surface area (Å²) in [5, 5.41) is 15.9. The van der Waals surface area contributed by atoms with Crippen molar-refractivity contribution in [2.24, 2.45) is 0 Å². The Kier molecular flexibility index (Phi) is 6.53. The van der Waals surface area contributed by atoms with E-state index < -0.39 is 41.1 Å². The number of thiophene rings is 1. The topological polar surface area (TPSA) is 165 Å². The molecule has 0 saturated heterocycles. The molecule has 0 saturated carbocycles. The predicted molar refractivity (Wildman–Crippen MR) is 115 cm³/mol. The molecule has 13 heteroatoms. The van der Waals surface area contributed by atoms with Gasteiger partial charge in [-0.15, -0.1) is 11.3 Å². The van der Waals surface area contributed by atoms with Crippen molar-refractivity contribution in [1.82, 2.24) is 10.2 Å². The number of hydrogen-bond acceptors (Lipinski definition) is 9. The van der Waals surface area contributed by atoms with Gasteiger partial charge in [0.1, 0.15) is 11.5 Å². The lowest BCUT2D eigenvalue weighted by Crippen LogP contribution is -2.37. The Morgan fingerprint density at radius 1 is 1.18 bits per heavy atom. The number of hydrogen-bond donors (Lipinski definition) is 2. The summed E-state index contributed by atoms with van der Waals surface area (Å²) in [6, 6.07) is 3.22. The molecule has 1 aromatic carbocycles. The quantitative estimate of drug-likeness (QED) is 0.265. The van der Waals surface area contributed by atoms with Crippen molar-refractivity contribution in [2.45, 2.75) is 13.8 Å². The number of carbonyl (C=O) groups is 5. The minimum absolute atomic E-state index is 0.00761. The van der Waals surface area contributed by atoms with Crippen LogP contribution >= 0.6 is 11.3 Å². The van der Waals surface area contributed by atoms with Gasteiger partial charge in [-0.25, -0.2) is 4.79 Å². The molecule has 2 N–H and O–H groups in total. The number of fused-ring (bicyclic) bond motifs is 1. The number of nitrogens with zero attached hydrogens (tertiary/aromatic N) is 2. The van der Waals surface area contributed by atoms with Crippen molar-refractivity contribution in [3.63, 3.8) is 0 Å². The van der Waals surface area contributed by atoms with Gasteiger partial charge in [0.2, 0.25) is 5.91 Å². The Labute approximate surface area is 190 Å². The number of nitro groups is 1. The molecule has 1 aromatic heterocycles. The normalized spacial score (nSPS) is 12.4. The minimum Gasteiger partial charge on any atom is -0.462 e. The molecule has 0 bridgehead atoms. The van der Waals surface area contributed by atoms with E-state index in [1.165, 1.54) is 14.0 Å². The molecule has 1 aliphatic rings. The van der Waals surface area contributed by atoms with E-state index in [0.29, 0.717) is 10.5 Å². The van der Waals surface area contributed by atoms with Gasteiger partial charge >= 0.3 is 5.97 Å². The molecule has 33 heavy (non-hydrogen) atoms. The summed E-state index contributed by atoms with van der Waals surface area (Å²) in [6.45, 7) is 2.50. The molecule has 3 rings (SSSR count). The number of rotatable bonds is 7. The minimum atomic E-state index is -0.854. The number of carbonyl (C=O) groups excluding carboxylic acids is 5. The second-order valence-corrected chi connectivity index (χ2v) is 7.81. The lowest BCUT2D eigenvalue weighted by atomic mass is 10.1. The van der Waals surface area contributed by atoms with Gasteiger partial charge < -0.3 is 15.4 Å². The average Bonchev–Trinajstić information content (AvgIpc) is 3.22. The number of benzene rings is 1. The fourth-order valence-corrected chi connectivity index (χ4v) is 4.38. The molecule has 0 fully saturated rings. The van der Waals surface area contributed by atoms with Crippen LogP contribution in [0.15, 0.2) is 18.2 Å². The third-order valence-electron chi connectivity index (χ3n) is 4.78. The highest BCUT2D eigenvalue weighted by molar-refractivity contribution is 7.18. The van der Waals surface area contributed by atoms with Crippen molar-refractivity contribution < 1.29 is 33.6 Å². The van der Waals surface area contributed by atoms with E-state index in [4.69, 9.17) is 4.74 Å². The number of anilines is 1. The van der Waals surface area contributed by atoms with Gasteiger partial charge in [-0.3, -0.25) is 34.2 Å². The molecular weight excluding hydrogens is 456 g/mol. The molecule has 1 aliphatic heterocycles. The number of nitro benzene ring substituents is 1. The zero-order valence-corrected chi connectivity index (χ0v) is 18.5. The largest absolute Gasteiger partial charge is 0.462 e. The first-order chi connectivity index (χ1) is 15.6. The fraction of sp³-hybridized carbons (Fsp3) is 0.250. The maximum atomic E-state index is 12.7. The number of imide groups is 1. The molecule has 12 nitrogen and oxygen atoms in total. The first-order valence-electron chi connectivity index (χ1n) is 9.57. The molecule has 0 unspecified atom stereocenters. The number of esters is 1. The number of amides is 4. The highest BCUT2D eigenvalue weighted by atomic mass is 32.1. The smallest absolute Gasteiger partial charge is 0.341 e. The summed E-state index contributed by atoms with van der Waals surface area (Å²) >= 11 is 0.845. The monoisotopic (exact) mass is 474 g/mol. The van der Waals surface area contributed by atoms with Crippen LogP contribution in [0.1, 0.15) is 53.2 Å². The second kappa shape index (κ2) is 9.16. The molecule has 0 atom stereocenters. The molecule has 0 radical (unpaired) electrons. The maximum absolute atomic E-state index is 12.7. The van der Waals surface area contributed by atoms with Gasteiger partial charge in [0.05, 0.1) is 33.1 Å². The molecule has 0 aliphatic carbocycles. The lowest BCUT2D eigenvalue weighted by Gasteiger charge is -2.13. The summed E-state index contributed by atoms with van der Waals surface area (Å²) in [7, 11) is 1.41. The van der Waals surface area contributed by atoms with Gasteiger partial charge in [-0.1, -0.05) is 0 Å². The standard InChI is InChI=1S/C20H18N4O8S/c1-4-32-20(29)14-9(2)15(16(26)21-3)33-17(14)22-13(25)8-23-18(27)11-6-5-10(24(30)31)7-12(11)19(23)28/h5-7H,4,8H2,1-3H3,(H,21,26)(H,22,25). The first-order valence-corrected chi connectivity index (χ1v) is 10.4. The van der Waals surface area contributed by atoms with E-state index in [-0.39, 0.29) is 38.9 Å². The van der Waals surface area contributed by atoms with E-state index in [1.54, 1.807) is 6.92 Å². The first kappa shape index (κ1) is 23.5. The zero-order chi connectivity index (χ0) is 24.4. The van der Waals surface area contributed by atoms with Crippen molar-refractivity contribution in [3.05, 3.63) is 55.4 Å². The van der Waals surface area contributed by atoms with Gasteiger partial charge in [0, 0.05) is 19.2 Å². The number of non-ortho nitro benzene ring substituents is 1. The van der Waals surface area contributed by atoms with E-state index in [9.17, 15) is 34.1 Å². The van der Waals surface area contributed by atoms with E-state index in [1.807, 2.05) is 0 Å². The van der Waals surface area contributed by atoms with Crippen LogP contribution < -0.4 is 10.6 Å². The highest BCUT2D eigenvalue weighted by Crippen LogP contribution is 2.34. The molecular formula is C20H18N4O8S. The van der Waals surface area contributed by atoms with E-state index in [2.05, 4.69) is 10.6 Å². The SMILES string of the molecule is CCOC(=O)c1c(NC(=O)CN2C(=O)c3ccc([N+](=O)[O-])cc3C2=O)sc(C(=O)NC)c1C. The maximum Gasteiger partial charge on any atom is 0.341 e. The van der Waals surface area contributed by atoms with Crippen molar-refractivity contribution in [1.29, 1.82) is 0 Å². The van der Waals surface area contributed by atoms with E-state index in [0.717, 1.165) is 29.5 Å². The summed E-state index contributed by atoms with van der Waals surface area (Å²) < 4.78 is 5.01.